The van der Waals surface area contributed by atoms with Gasteiger partial charge in [-0.2, -0.15) is 4.98 Å². The number of nitrogens with one attached hydrogen (secondary N) is 2. The Labute approximate surface area is 142 Å². The van der Waals surface area contributed by atoms with Gasteiger partial charge in [0, 0.05) is 18.0 Å². The molecule has 1 aromatic carbocycles. The Morgan fingerprint density at radius 1 is 1.21 bits per heavy atom. The van der Waals surface area contributed by atoms with Gasteiger partial charge in [0.1, 0.15) is 12.4 Å². The van der Waals surface area contributed by atoms with Crippen molar-refractivity contribution < 1.29 is 4.79 Å². The van der Waals surface area contributed by atoms with Crippen LogP contribution in [0.3, 0.4) is 0 Å². The fourth-order valence-corrected chi connectivity index (χ4v) is 2.51. The summed E-state index contributed by atoms with van der Waals surface area (Å²) in [6.07, 6.45) is 0.996. The second kappa shape index (κ2) is 7.95. The number of nitrogens with zero attached hydrogens (tertiary/aromatic N) is 2. The van der Waals surface area contributed by atoms with Crippen LogP contribution >= 0.6 is 0 Å². The van der Waals surface area contributed by atoms with Gasteiger partial charge in [-0.3, -0.25) is 9.36 Å². The smallest absolute Gasteiger partial charge is 0.350 e. The van der Waals surface area contributed by atoms with Crippen LogP contribution in [-0.4, -0.2) is 28.0 Å². The van der Waals surface area contributed by atoms with Crippen molar-refractivity contribution in [3.8, 4) is 0 Å². The van der Waals surface area contributed by atoms with Crippen molar-refractivity contribution in [2.24, 2.45) is 5.92 Å². The quantitative estimate of drug-likeness (QED) is 0.817. The first-order chi connectivity index (χ1) is 11.4. The van der Waals surface area contributed by atoms with Crippen molar-refractivity contribution in [1.29, 1.82) is 0 Å². The summed E-state index contributed by atoms with van der Waals surface area (Å²) in [5, 5.41) is 6.90. The summed E-state index contributed by atoms with van der Waals surface area (Å²) < 4.78 is 1.42. The zero-order valence-corrected chi connectivity index (χ0v) is 14.8. The largest absolute Gasteiger partial charge is 0.369 e. The first-order valence-corrected chi connectivity index (χ1v) is 8.41. The van der Waals surface area contributed by atoms with Crippen molar-refractivity contribution in [1.82, 2.24) is 14.9 Å². The first-order valence-electron chi connectivity index (χ1n) is 8.41. The highest BCUT2D eigenvalue weighted by atomic mass is 16.2. The minimum absolute atomic E-state index is 0.0310. The van der Waals surface area contributed by atoms with Crippen molar-refractivity contribution >= 4 is 22.6 Å². The van der Waals surface area contributed by atoms with Gasteiger partial charge in [-0.15, -0.1) is 0 Å². The summed E-state index contributed by atoms with van der Waals surface area (Å²) in [6, 6.07) is 7.55. The van der Waals surface area contributed by atoms with Crippen molar-refractivity contribution in [3.05, 3.63) is 34.7 Å². The highest BCUT2D eigenvalue weighted by molar-refractivity contribution is 5.90. The van der Waals surface area contributed by atoms with Gasteiger partial charge in [-0.05, 0) is 38.3 Å². The molecule has 0 unspecified atom stereocenters. The van der Waals surface area contributed by atoms with E-state index in [9.17, 15) is 9.59 Å². The molecule has 1 heterocycles. The minimum atomic E-state index is -0.417. The maximum Gasteiger partial charge on any atom is 0.350 e. The van der Waals surface area contributed by atoms with E-state index < -0.39 is 5.69 Å². The lowest BCUT2D eigenvalue weighted by molar-refractivity contribution is -0.122. The summed E-state index contributed by atoms with van der Waals surface area (Å²) in [5.41, 5.74) is 0.295. The standard InChI is InChI=1S/C18H26N4O2/c1-12(2)9-10-19-17-14-7-5-6-8-15(14)22(18(24)21-17)11-16(23)20-13(3)4/h5-8,12-13H,9-11H2,1-4H3,(H,20,23)(H,19,21,24). The van der Waals surface area contributed by atoms with Crippen molar-refractivity contribution in [3.63, 3.8) is 0 Å². The molecule has 0 radical (unpaired) electrons. The van der Waals surface area contributed by atoms with Crippen LogP contribution in [0.4, 0.5) is 5.82 Å². The van der Waals surface area contributed by atoms with Crippen LogP contribution in [0.15, 0.2) is 29.1 Å². The van der Waals surface area contributed by atoms with Crippen LogP contribution in [0.5, 0.6) is 0 Å². The van der Waals surface area contributed by atoms with E-state index in [4.69, 9.17) is 0 Å². The second-order valence-electron chi connectivity index (χ2n) is 6.68. The number of benzene rings is 1. The van der Waals surface area contributed by atoms with E-state index in [-0.39, 0.29) is 18.5 Å². The number of para-hydroxylation sites is 1. The van der Waals surface area contributed by atoms with Gasteiger partial charge < -0.3 is 10.6 Å². The lowest BCUT2D eigenvalue weighted by Crippen LogP contribution is -2.37. The molecule has 1 amide bonds. The number of rotatable bonds is 7. The summed E-state index contributed by atoms with van der Waals surface area (Å²) in [5.74, 6) is 0.959. The zero-order chi connectivity index (χ0) is 17.7. The molecule has 0 saturated carbocycles. The molecule has 2 aromatic rings. The molecule has 6 heteroatoms. The molecule has 2 N–H and O–H groups in total. The molecule has 0 aliphatic rings. The maximum absolute atomic E-state index is 12.4. The van der Waals surface area contributed by atoms with Crippen LogP contribution in [-0.2, 0) is 11.3 Å². The predicted molar refractivity (Wildman–Crippen MR) is 97.2 cm³/mol. The number of aromatic nitrogens is 2. The maximum atomic E-state index is 12.4. The summed E-state index contributed by atoms with van der Waals surface area (Å²) in [6.45, 7) is 8.80. The van der Waals surface area contributed by atoms with Crippen LogP contribution < -0.4 is 16.3 Å². The Morgan fingerprint density at radius 2 is 1.92 bits per heavy atom. The predicted octanol–water partition coefficient (Wildman–Crippen LogP) is 2.38. The fourth-order valence-electron chi connectivity index (χ4n) is 2.51. The molecule has 2 rings (SSSR count). The Bertz CT molecular complexity index is 765. The third-order valence-corrected chi connectivity index (χ3v) is 3.65. The van der Waals surface area contributed by atoms with Crippen LogP contribution in [0.1, 0.15) is 34.1 Å². The third-order valence-electron chi connectivity index (χ3n) is 3.65. The minimum Gasteiger partial charge on any atom is -0.369 e. The van der Waals surface area contributed by atoms with Gasteiger partial charge in [-0.25, -0.2) is 4.79 Å². The van der Waals surface area contributed by atoms with Crippen LogP contribution in [0.2, 0.25) is 0 Å². The Morgan fingerprint density at radius 3 is 2.58 bits per heavy atom. The molecule has 0 bridgehead atoms. The normalized spacial score (nSPS) is 11.2. The summed E-state index contributed by atoms with van der Waals surface area (Å²) in [4.78, 5) is 28.6. The van der Waals surface area contributed by atoms with Gasteiger partial charge in [0.25, 0.3) is 0 Å². The first kappa shape index (κ1) is 18.0. The number of amides is 1. The molecular weight excluding hydrogens is 304 g/mol. The van der Waals surface area contributed by atoms with E-state index in [2.05, 4.69) is 29.5 Å². The highest BCUT2D eigenvalue weighted by Gasteiger charge is 2.13. The van der Waals surface area contributed by atoms with E-state index >= 15 is 0 Å². The van der Waals surface area contributed by atoms with Crippen molar-refractivity contribution in [2.75, 3.05) is 11.9 Å². The molecule has 1 aromatic heterocycles. The van der Waals surface area contributed by atoms with E-state index in [1.165, 1.54) is 4.57 Å². The molecular formula is C18H26N4O2. The van der Waals surface area contributed by atoms with Crippen molar-refractivity contribution in [2.45, 2.75) is 46.7 Å². The molecule has 0 aliphatic heterocycles. The van der Waals surface area contributed by atoms with Gasteiger partial charge in [0.2, 0.25) is 5.91 Å². The lowest BCUT2D eigenvalue weighted by Gasteiger charge is -2.15. The summed E-state index contributed by atoms with van der Waals surface area (Å²) in [7, 11) is 0. The molecule has 0 aliphatic carbocycles. The Kier molecular flexibility index (Phi) is 5.95. The molecule has 6 nitrogen and oxygen atoms in total. The molecule has 24 heavy (non-hydrogen) atoms. The van der Waals surface area contributed by atoms with Gasteiger partial charge in [-0.1, -0.05) is 26.0 Å². The monoisotopic (exact) mass is 330 g/mol. The molecule has 0 atom stereocenters. The van der Waals surface area contributed by atoms with E-state index in [1.807, 2.05) is 38.1 Å². The molecule has 0 spiro atoms. The number of hydrogen-bond acceptors (Lipinski definition) is 4. The van der Waals surface area contributed by atoms with E-state index in [1.54, 1.807) is 0 Å². The molecule has 0 fully saturated rings. The topological polar surface area (TPSA) is 76.0 Å². The average molecular weight is 330 g/mol. The van der Waals surface area contributed by atoms with Crippen LogP contribution in [0, 0.1) is 5.92 Å². The molecule has 130 valence electrons. The number of fused-ring (bicyclic) bond motifs is 1. The fraction of sp³-hybridized carbons (Fsp3) is 0.500. The molecule has 0 saturated heterocycles. The van der Waals surface area contributed by atoms with E-state index in [0.717, 1.165) is 18.4 Å². The number of carbonyl (C=O) groups is 1. The van der Waals surface area contributed by atoms with Gasteiger partial charge in [0.05, 0.1) is 5.52 Å². The lowest BCUT2D eigenvalue weighted by atomic mass is 10.1. The van der Waals surface area contributed by atoms with E-state index in [0.29, 0.717) is 17.3 Å². The SMILES string of the molecule is CC(C)CCNc1nc(=O)n(CC(=O)NC(C)C)c2ccccc12. The van der Waals surface area contributed by atoms with Crippen LogP contribution in [0.25, 0.3) is 10.9 Å². The van der Waals surface area contributed by atoms with Gasteiger partial charge in [0.15, 0.2) is 0 Å². The van der Waals surface area contributed by atoms with Gasteiger partial charge >= 0.3 is 5.69 Å². The average Bonchev–Trinajstić information content (AvgIpc) is 2.50. The second-order valence-corrected chi connectivity index (χ2v) is 6.68. The Balaban J connectivity index is 2.35. The Hall–Kier alpha value is -2.37. The number of hydrogen-bond donors (Lipinski definition) is 2. The number of carbonyl (C=O) groups excluding carboxylic acids is 1. The highest BCUT2D eigenvalue weighted by Crippen LogP contribution is 2.19. The third kappa shape index (κ3) is 4.57. The summed E-state index contributed by atoms with van der Waals surface area (Å²) >= 11 is 0. The number of anilines is 1. The zero-order valence-electron chi connectivity index (χ0n) is 14.8.